The lowest BCUT2D eigenvalue weighted by atomic mass is 10.1. The Morgan fingerprint density at radius 1 is 1.53 bits per heavy atom. The molecule has 1 atom stereocenters. The van der Waals surface area contributed by atoms with Crippen LogP contribution in [0.2, 0.25) is 5.02 Å². The molecule has 15 heavy (non-hydrogen) atoms. The summed E-state index contributed by atoms with van der Waals surface area (Å²) in [4.78, 5) is 0. The van der Waals surface area contributed by atoms with Crippen LogP contribution in [-0.2, 0) is 11.2 Å². The minimum atomic E-state index is -0.265. The van der Waals surface area contributed by atoms with E-state index in [1.54, 1.807) is 19.2 Å². The van der Waals surface area contributed by atoms with Crippen LogP contribution in [0.1, 0.15) is 5.56 Å². The lowest BCUT2D eigenvalue weighted by Crippen LogP contribution is -2.32. The molecular formula is C11H15ClFNO. The van der Waals surface area contributed by atoms with Gasteiger partial charge in [-0.2, -0.15) is 0 Å². The van der Waals surface area contributed by atoms with Crippen LogP contribution in [0.3, 0.4) is 0 Å². The van der Waals surface area contributed by atoms with Crippen LogP contribution in [0.15, 0.2) is 18.2 Å². The number of likely N-dealkylation sites (N-methyl/N-ethyl adjacent to an activating group) is 1. The van der Waals surface area contributed by atoms with Crippen molar-refractivity contribution in [1.29, 1.82) is 0 Å². The van der Waals surface area contributed by atoms with E-state index < -0.39 is 0 Å². The summed E-state index contributed by atoms with van der Waals surface area (Å²) in [5, 5.41) is 3.49. The van der Waals surface area contributed by atoms with Crippen LogP contribution in [0.4, 0.5) is 4.39 Å². The molecule has 0 heterocycles. The predicted octanol–water partition coefficient (Wildman–Crippen LogP) is 2.26. The Morgan fingerprint density at radius 3 is 2.80 bits per heavy atom. The Labute approximate surface area is 94.4 Å². The molecular weight excluding hydrogens is 217 g/mol. The van der Waals surface area contributed by atoms with Gasteiger partial charge in [0.25, 0.3) is 0 Å². The number of rotatable bonds is 5. The molecule has 1 rings (SSSR count). The summed E-state index contributed by atoms with van der Waals surface area (Å²) < 4.78 is 18.5. The summed E-state index contributed by atoms with van der Waals surface area (Å²) in [6.07, 6.45) is 0.591. The van der Waals surface area contributed by atoms with Crippen molar-refractivity contribution in [2.45, 2.75) is 12.5 Å². The molecule has 84 valence electrons. The van der Waals surface area contributed by atoms with Gasteiger partial charge in [-0.25, -0.2) is 4.39 Å². The zero-order valence-corrected chi connectivity index (χ0v) is 9.64. The van der Waals surface area contributed by atoms with Crippen molar-refractivity contribution in [3.05, 3.63) is 34.6 Å². The quantitative estimate of drug-likeness (QED) is 0.840. The standard InChI is InChI=1S/C11H15ClFNO/c1-14-10(7-15-2)5-8-3-4-9(12)6-11(8)13/h3-4,6,10,14H,5,7H2,1-2H3. The van der Waals surface area contributed by atoms with Crippen molar-refractivity contribution >= 4 is 11.6 Å². The van der Waals surface area contributed by atoms with Gasteiger partial charge >= 0.3 is 0 Å². The highest BCUT2D eigenvalue weighted by Gasteiger charge is 2.10. The Kier molecular flexibility index (Phi) is 5.02. The molecule has 4 heteroatoms. The third-order valence-corrected chi connectivity index (χ3v) is 2.49. The molecule has 0 bridgehead atoms. The molecule has 1 unspecified atom stereocenters. The Morgan fingerprint density at radius 2 is 2.27 bits per heavy atom. The first-order valence-electron chi connectivity index (χ1n) is 4.77. The van der Waals surface area contributed by atoms with Gasteiger partial charge in [0.15, 0.2) is 0 Å². The predicted molar refractivity (Wildman–Crippen MR) is 59.8 cm³/mol. The number of hydrogen-bond acceptors (Lipinski definition) is 2. The van der Waals surface area contributed by atoms with Crippen LogP contribution in [0.25, 0.3) is 0 Å². The van der Waals surface area contributed by atoms with Crippen LogP contribution >= 0.6 is 11.6 Å². The molecule has 0 saturated carbocycles. The van der Waals surface area contributed by atoms with Crippen molar-refractivity contribution < 1.29 is 9.13 Å². The number of methoxy groups -OCH3 is 1. The summed E-state index contributed by atoms with van der Waals surface area (Å²) in [6, 6.07) is 4.85. The van der Waals surface area contributed by atoms with Crippen LogP contribution < -0.4 is 5.32 Å². The molecule has 0 radical (unpaired) electrons. The second-order valence-electron chi connectivity index (χ2n) is 3.38. The maximum Gasteiger partial charge on any atom is 0.127 e. The number of halogens is 2. The summed E-state index contributed by atoms with van der Waals surface area (Å²) in [5.74, 6) is -0.265. The van der Waals surface area contributed by atoms with Gasteiger partial charge in [0.1, 0.15) is 5.82 Å². The van der Waals surface area contributed by atoms with Gasteiger partial charge in [0.2, 0.25) is 0 Å². The van der Waals surface area contributed by atoms with E-state index >= 15 is 0 Å². The average molecular weight is 232 g/mol. The fraction of sp³-hybridized carbons (Fsp3) is 0.455. The molecule has 0 aliphatic rings. The van der Waals surface area contributed by atoms with Crippen molar-refractivity contribution in [3.8, 4) is 0 Å². The molecule has 0 saturated heterocycles. The molecule has 2 nitrogen and oxygen atoms in total. The maximum absolute atomic E-state index is 13.4. The van der Waals surface area contributed by atoms with Crippen molar-refractivity contribution in [3.63, 3.8) is 0 Å². The fourth-order valence-electron chi connectivity index (χ4n) is 1.40. The van der Waals surface area contributed by atoms with Crippen molar-refractivity contribution in [2.24, 2.45) is 0 Å². The van der Waals surface area contributed by atoms with Gasteiger partial charge in [-0.1, -0.05) is 17.7 Å². The third-order valence-electron chi connectivity index (χ3n) is 2.26. The van der Waals surface area contributed by atoms with E-state index in [0.29, 0.717) is 23.6 Å². The molecule has 0 fully saturated rings. The zero-order chi connectivity index (χ0) is 11.3. The van der Waals surface area contributed by atoms with Crippen LogP contribution in [0, 0.1) is 5.82 Å². The summed E-state index contributed by atoms with van der Waals surface area (Å²) in [6.45, 7) is 0.554. The van der Waals surface area contributed by atoms with Gasteiger partial charge in [-0.15, -0.1) is 0 Å². The number of hydrogen-bond donors (Lipinski definition) is 1. The van der Waals surface area contributed by atoms with E-state index in [4.69, 9.17) is 16.3 Å². The molecule has 1 aromatic rings. The van der Waals surface area contributed by atoms with Gasteiger partial charge in [0, 0.05) is 18.2 Å². The molecule has 0 aromatic heterocycles. The molecule has 1 N–H and O–H groups in total. The second kappa shape index (κ2) is 6.05. The molecule has 1 aromatic carbocycles. The van der Waals surface area contributed by atoms with Gasteiger partial charge in [-0.05, 0) is 31.2 Å². The molecule has 0 aliphatic heterocycles. The first-order valence-corrected chi connectivity index (χ1v) is 5.15. The number of benzene rings is 1. The minimum Gasteiger partial charge on any atom is -0.383 e. The van der Waals surface area contributed by atoms with Crippen molar-refractivity contribution in [1.82, 2.24) is 5.32 Å². The van der Waals surface area contributed by atoms with Crippen LogP contribution in [-0.4, -0.2) is 26.8 Å². The zero-order valence-electron chi connectivity index (χ0n) is 8.89. The van der Waals surface area contributed by atoms with Crippen LogP contribution in [0.5, 0.6) is 0 Å². The Hall–Kier alpha value is -0.640. The van der Waals surface area contributed by atoms with Gasteiger partial charge < -0.3 is 10.1 Å². The largest absolute Gasteiger partial charge is 0.383 e. The molecule has 0 amide bonds. The second-order valence-corrected chi connectivity index (χ2v) is 3.82. The summed E-state index contributed by atoms with van der Waals surface area (Å²) >= 11 is 5.67. The van der Waals surface area contributed by atoms with E-state index in [1.165, 1.54) is 6.07 Å². The highest BCUT2D eigenvalue weighted by Crippen LogP contribution is 2.16. The Balaban J connectivity index is 2.70. The smallest absolute Gasteiger partial charge is 0.127 e. The summed E-state index contributed by atoms with van der Waals surface area (Å²) in [7, 11) is 3.46. The topological polar surface area (TPSA) is 21.3 Å². The van der Waals surface area contributed by atoms with Gasteiger partial charge in [0.05, 0.1) is 6.61 Å². The Bertz CT molecular complexity index is 319. The highest BCUT2D eigenvalue weighted by molar-refractivity contribution is 6.30. The number of nitrogens with one attached hydrogen (secondary N) is 1. The SMILES string of the molecule is CNC(COC)Cc1ccc(Cl)cc1F. The monoisotopic (exact) mass is 231 g/mol. The normalized spacial score (nSPS) is 12.8. The third kappa shape index (κ3) is 3.78. The van der Waals surface area contributed by atoms with Gasteiger partial charge in [-0.3, -0.25) is 0 Å². The maximum atomic E-state index is 13.4. The first-order chi connectivity index (χ1) is 7.17. The van der Waals surface area contributed by atoms with E-state index in [1.807, 2.05) is 7.05 Å². The van der Waals surface area contributed by atoms with E-state index in [9.17, 15) is 4.39 Å². The highest BCUT2D eigenvalue weighted by atomic mass is 35.5. The van der Waals surface area contributed by atoms with Crippen molar-refractivity contribution in [2.75, 3.05) is 20.8 Å². The lowest BCUT2D eigenvalue weighted by Gasteiger charge is -2.15. The van der Waals surface area contributed by atoms with E-state index in [-0.39, 0.29) is 11.9 Å². The van der Waals surface area contributed by atoms with E-state index in [2.05, 4.69) is 5.32 Å². The molecule has 0 spiro atoms. The summed E-state index contributed by atoms with van der Waals surface area (Å²) in [5.41, 5.74) is 0.649. The fourth-order valence-corrected chi connectivity index (χ4v) is 1.56. The first kappa shape index (κ1) is 12.4. The van der Waals surface area contributed by atoms with E-state index in [0.717, 1.165) is 0 Å². The average Bonchev–Trinajstić information content (AvgIpc) is 2.21. The molecule has 0 aliphatic carbocycles. The number of ether oxygens (including phenoxy) is 1. The lowest BCUT2D eigenvalue weighted by molar-refractivity contribution is 0.169. The minimum absolute atomic E-state index is 0.116.